The first kappa shape index (κ1) is 18.6. The van der Waals surface area contributed by atoms with Crippen LogP contribution in [0.15, 0.2) is 41.5 Å². The lowest BCUT2D eigenvalue weighted by molar-refractivity contribution is -0.121. The number of ether oxygens (including phenoxy) is 1. The Labute approximate surface area is 150 Å². The summed E-state index contributed by atoms with van der Waals surface area (Å²) in [5.74, 6) is 0.0488. The van der Waals surface area contributed by atoms with Gasteiger partial charge in [-0.15, -0.1) is 0 Å². The highest BCUT2D eigenvalue weighted by molar-refractivity contribution is 6.30. The van der Waals surface area contributed by atoms with Crippen LogP contribution in [-0.2, 0) is 4.79 Å². The van der Waals surface area contributed by atoms with Gasteiger partial charge in [-0.2, -0.15) is 5.10 Å². The third-order valence-corrected chi connectivity index (χ3v) is 3.58. The minimum Gasteiger partial charge on any atom is -0.504 e. The van der Waals surface area contributed by atoms with Crippen LogP contribution in [0.25, 0.3) is 0 Å². The number of hydrogen-bond acceptors (Lipinski definition) is 5. The van der Waals surface area contributed by atoms with Crippen molar-refractivity contribution in [3.63, 3.8) is 0 Å². The Balaban J connectivity index is 1.70. The second-order valence-corrected chi connectivity index (χ2v) is 5.84. The molecule has 7 heteroatoms. The number of carbonyl (C=O) groups excluding carboxylic acids is 1. The first-order valence-corrected chi connectivity index (χ1v) is 8.06. The van der Waals surface area contributed by atoms with E-state index in [-0.39, 0.29) is 23.8 Å². The largest absolute Gasteiger partial charge is 0.504 e. The molecule has 1 amide bonds. The van der Waals surface area contributed by atoms with E-state index in [9.17, 15) is 15.0 Å². The Morgan fingerprint density at radius 3 is 2.76 bits per heavy atom. The molecule has 0 aliphatic heterocycles. The van der Waals surface area contributed by atoms with Gasteiger partial charge < -0.3 is 14.9 Å². The predicted octanol–water partition coefficient (Wildman–Crippen LogP) is 3.37. The van der Waals surface area contributed by atoms with Gasteiger partial charge in [0.1, 0.15) is 5.75 Å². The number of aryl methyl sites for hydroxylation is 1. The van der Waals surface area contributed by atoms with Gasteiger partial charge in [-0.3, -0.25) is 4.79 Å². The Morgan fingerprint density at radius 2 is 2.04 bits per heavy atom. The van der Waals surface area contributed by atoms with Crippen LogP contribution in [0.2, 0.25) is 5.02 Å². The molecule has 0 aromatic heterocycles. The molecule has 0 spiro atoms. The van der Waals surface area contributed by atoms with Crippen molar-refractivity contribution in [2.24, 2.45) is 5.10 Å². The van der Waals surface area contributed by atoms with E-state index in [1.807, 2.05) is 13.0 Å². The van der Waals surface area contributed by atoms with Crippen LogP contribution in [0.5, 0.6) is 17.2 Å². The number of rotatable bonds is 7. The minimum atomic E-state index is -0.245. The lowest BCUT2D eigenvalue weighted by Gasteiger charge is -2.08. The summed E-state index contributed by atoms with van der Waals surface area (Å²) in [5.41, 5.74) is 3.89. The number of aromatic hydroxyl groups is 2. The summed E-state index contributed by atoms with van der Waals surface area (Å²) >= 11 is 5.88. The zero-order valence-electron chi connectivity index (χ0n) is 13.7. The van der Waals surface area contributed by atoms with Gasteiger partial charge in [0, 0.05) is 11.4 Å². The molecule has 0 bridgehead atoms. The van der Waals surface area contributed by atoms with Crippen LogP contribution in [0.1, 0.15) is 24.0 Å². The number of hydrogen-bond donors (Lipinski definition) is 3. The predicted molar refractivity (Wildman–Crippen MR) is 96.4 cm³/mol. The van der Waals surface area contributed by atoms with Crippen molar-refractivity contribution in [1.29, 1.82) is 0 Å². The summed E-state index contributed by atoms with van der Waals surface area (Å²) in [4.78, 5) is 11.7. The number of phenols is 2. The molecule has 0 saturated heterocycles. The van der Waals surface area contributed by atoms with Crippen LogP contribution < -0.4 is 10.2 Å². The molecule has 25 heavy (non-hydrogen) atoms. The molecule has 2 aromatic rings. The Hall–Kier alpha value is -2.73. The monoisotopic (exact) mass is 362 g/mol. The van der Waals surface area contributed by atoms with E-state index >= 15 is 0 Å². The normalized spacial score (nSPS) is 10.8. The van der Waals surface area contributed by atoms with E-state index in [4.69, 9.17) is 16.3 Å². The van der Waals surface area contributed by atoms with E-state index in [0.29, 0.717) is 23.6 Å². The van der Waals surface area contributed by atoms with Crippen LogP contribution in [-0.4, -0.2) is 28.9 Å². The fourth-order valence-corrected chi connectivity index (χ4v) is 2.27. The van der Waals surface area contributed by atoms with Gasteiger partial charge in [-0.1, -0.05) is 11.6 Å². The first-order chi connectivity index (χ1) is 12.0. The third kappa shape index (κ3) is 6.00. The maximum Gasteiger partial charge on any atom is 0.240 e. The van der Waals surface area contributed by atoms with Crippen molar-refractivity contribution in [2.75, 3.05) is 6.61 Å². The smallest absolute Gasteiger partial charge is 0.240 e. The van der Waals surface area contributed by atoms with E-state index in [0.717, 1.165) is 11.3 Å². The number of carbonyl (C=O) groups is 1. The van der Waals surface area contributed by atoms with Gasteiger partial charge in [-0.05, 0) is 60.9 Å². The first-order valence-electron chi connectivity index (χ1n) is 7.68. The Morgan fingerprint density at radius 1 is 1.24 bits per heavy atom. The zero-order chi connectivity index (χ0) is 18.2. The number of nitrogens with zero attached hydrogens (tertiary/aromatic N) is 1. The molecule has 3 N–H and O–H groups in total. The van der Waals surface area contributed by atoms with Gasteiger partial charge in [0.25, 0.3) is 0 Å². The standard InChI is InChI=1S/C18H19ClN2O4/c1-12-9-14(19)5-7-17(12)25-8-2-3-18(24)21-20-11-13-4-6-15(22)16(23)10-13/h4-7,9-11,22-23H,2-3,8H2,1H3,(H,21,24). The third-order valence-electron chi connectivity index (χ3n) is 3.35. The summed E-state index contributed by atoms with van der Waals surface area (Å²) in [5, 5.41) is 23.0. The van der Waals surface area contributed by atoms with Gasteiger partial charge >= 0.3 is 0 Å². The fourth-order valence-electron chi connectivity index (χ4n) is 2.05. The molecule has 0 fully saturated rings. The molecule has 2 rings (SSSR count). The molecule has 0 atom stereocenters. The SMILES string of the molecule is Cc1cc(Cl)ccc1OCCCC(=O)NN=Cc1ccc(O)c(O)c1. The van der Waals surface area contributed by atoms with Gasteiger partial charge in [0.2, 0.25) is 5.91 Å². The van der Waals surface area contributed by atoms with Crippen molar-refractivity contribution in [2.45, 2.75) is 19.8 Å². The summed E-state index contributed by atoms with van der Waals surface area (Å²) in [6.45, 7) is 2.31. The number of phenolic OH excluding ortho intramolecular Hbond substituents is 2. The quantitative estimate of drug-likeness (QED) is 0.305. The number of benzene rings is 2. The highest BCUT2D eigenvalue weighted by Crippen LogP contribution is 2.24. The second-order valence-electron chi connectivity index (χ2n) is 5.40. The van der Waals surface area contributed by atoms with Gasteiger partial charge in [0.15, 0.2) is 11.5 Å². The molecule has 0 unspecified atom stereocenters. The molecule has 2 aromatic carbocycles. The highest BCUT2D eigenvalue weighted by Gasteiger charge is 2.03. The molecule has 0 heterocycles. The molecule has 0 radical (unpaired) electrons. The average Bonchev–Trinajstić information content (AvgIpc) is 2.56. The van der Waals surface area contributed by atoms with E-state index in [2.05, 4.69) is 10.5 Å². The number of hydrazone groups is 1. The van der Waals surface area contributed by atoms with Crippen molar-refractivity contribution < 1.29 is 19.7 Å². The van der Waals surface area contributed by atoms with Crippen molar-refractivity contribution in [1.82, 2.24) is 5.43 Å². The lowest BCUT2D eigenvalue weighted by atomic mass is 10.2. The fraction of sp³-hybridized carbons (Fsp3) is 0.222. The van der Waals surface area contributed by atoms with Crippen LogP contribution >= 0.6 is 11.6 Å². The molecule has 0 aliphatic carbocycles. The topological polar surface area (TPSA) is 91.2 Å². The summed E-state index contributed by atoms with van der Waals surface area (Å²) in [6, 6.07) is 9.62. The number of nitrogens with one attached hydrogen (secondary N) is 1. The summed E-state index contributed by atoms with van der Waals surface area (Å²) in [6.07, 6.45) is 2.19. The zero-order valence-corrected chi connectivity index (χ0v) is 14.5. The summed E-state index contributed by atoms with van der Waals surface area (Å²) < 4.78 is 5.61. The maximum atomic E-state index is 11.7. The van der Waals surface area contributed by atoms with Crippen molar-refractivity contribution >= 4 is 23.7 Å². The van der Waals surface area contributed by atoms with Crippen molar-refractivity contribution in [3.8, 4) is 17.2 Å². The van der Waals surface area contributed by atoms with Crippen molar-refractivity contribution in [3.05, 3.63) is 52.5 Å². The Bertz CT molecular complexity index is 778. The molecule has 0 aliphatic rings. The maximum absolute atomic E-state index is 11.7. The molecule has 0 saturated carbocycles. The summed E-state index contributed by atoms with van der Waals surface area (Å²) in [7, 11) is 0. The number of halogens is 1. The van der Waals surface area contributed by atoms with E-state index in [1.165, 1.54) is 18.3 Å². The number of amides is 1. The van der Waals surface area contributed by atoms with Gasteiger partial charge in [0.05, 0.1) is 12.8 Å². The Kier molecular flexibility index (Phi) is 6.65. The van der Waals surface area contributed by atoms with Crippen LogP contribution in [0.4, 0.5) is 0 Å². The highest BCUT2D eigenvalue weighted by atomic mass is 35.5. The molecular formula is C18H19ClN2O4. The second kappa shape index (κ2) is 8.94. The molecule has 132 valence electrons. The van der Waals surface area contributed by atoms with Crippen LogP contribution in [0.3, 0.4) is 0 Å². The van der Waals surface area contributed by atoms with Crippen LogP contribution in [0, 0.1) is 6.92 Å². The van der Waals surface area contributed by atoms with E-state index in [1.54, 1.807) is 18.2 Å². The molecule has 6 nitrogen and oxygen atoms in total. The lowest BCUT2D eigenvalue weighted by Crippen LogP contribution is -2.18. The molecular weight excluding hydrogens is 344 g/mol. The van der Waals surface area contributed by atoms with E-state index < -0.39 is 0 Å². The average molecular weight is 363 g/mol. The minimum absolute atomic E-state index is 0.211. The van der Waals surface area contributed by atoms with Gasteiger partial charge in [-0.25, -0.2) is 5.43 Å².